The molecule has 0 saturated carbocycles. The largest absolute Gasteiger partial charge is 0.492 e. The van der Waals surface area contributed by atoms with Crippen molar-refractivity contribution in [3.63, 3.8) is 0 Å². The lowest BCUT2D eigenvalue weighted by atomic mass is 9.92. The second-order valence-corrected chi connectivity index (χ2v) is 8.89. The van der Waals surface area contributed by atoms with E-state index in [1.54, 1.807) is 12.1 Å². The quantitative estimate of drug-likeness (QED) is 0.667. The summed E-state index contributed by atoms with van der Waals surface area (Å²) in [6.07, 6.45) is 1.96. The van der Waals surface area contributed by atoms with Gasteiger partial charge in [0.15, 0.2) is 0 Å². The molecule has 0 fully saturated rings. The lowest BCUT2D eigenvalue weighted by Gasteiger charge is -2.32. The SMILES string of the molecule is CCOc1cc(N2CCc3cc(F)ccc3C2)cc(C)c1NCCC(C)(C)C. The zero-order valence-electron chi connectivity index (χ0n) is 17.9. The first-order valence-corrected chi connectivity index (χ1v) is 10.3. The van der Waals surface area contributed by atoms with E-state index in [-0.39, 0.29) is 5.82 Å². The van der Waals surface area contributed by atoms with E-state index in [0.717, 1.165) is 55.2 Å². The average molecular weight is 385 g/mol. The van der Waals surface area contributed by atoms with Crippen LogP contribution in [0.3, 0.4) is 0 Å². The Morgan fingerprint density at radius 3 is 2.64 bits per heavy atom. The van der Waals surface area contributed by atoms with Crippen LogP contribution in [-0.4, -0.2) is 19.7 Å². The van der Waals surface area contributed by atoms with E-state index in [1.807, 2.05) is 13.0 Å². The molecule has 2 aromatic carbocycles. The molecule has 152 valence electrons. The summed E-state index contributed by atoms with van der Waals surface area (Å²) in [6.45, 7) is 14.2. The van der Waals surface area contributed by atoms with Crippen molar-refractivity contribution in [2.24, 2.45) is 5.41 Å². The maximum absolute atomic E-state index is 13.5. The number of hydrogen-bond donors (Lipinski definition) is 1. The summed E-state index contributed by atoms with van der Waals surface area (Å²) in [5.74, 6) is 0.767. The predicted octanol–water partition coefficient (Wildman–Crippen LogP) is 5.94. The Bertz CT molecular complexity index is 826. The molecule has 1 aliphatic rings. The first-order valence-electron chi connectivity index (χ1n) is 10.3. The summed E-state index contributed by atoms with van der Waals surface area (Å²) in [6, 6.07) is 9.52. The molecular weight excluding hydrogens is 351 g/mol. The van der Waals surface area contributed by atoms with Crippen molar-refractivity contribution in [2.75, 3.05) is 29.9 Å². The van der Waals surface area contributed by atoms with Crippen molar-refractivity contribution >= 4 is 11.4 Å². The Balaban J connectivity index is 1.81. The summed E-state index contributed by atoms with van der Waals surface area (Å²) < 4.78 is 19.5. The average Bonchev–Trinajstić information content (AvgIpc) is 2.62. The van der Waals surface area contributed by atoms with E-state index in [9.17, 15) is 4.39 Å². The van der Waals surface area contributed by atoms with Crippen molar-refractivity contribution in [3.05, 3.63) is 52.8 Å². The van der Waals surface area contributed by atoms with Crippen LogP contribution in [-0.2, 0) is 13.0 Å². The van der Waals surface area contributed by atoms with Gasteiger partial charge in [-0.3, -0.25) is 0 Å². The lowest BCUT2D eigenvalue weighted by Crippen LogP contribution is -2.30. The van der Waals surface area contributed by atoms with Crippen molar-refractivity contribution in [2.45, 2.75) is 54.0 Å². The van der Waals surface area contributed by atoms with Crippen LogP contribution in [0.1, 0.15) is 50.8 Å². The molecule has 3 nitrogen and oxygen atoms in total. The van der Waals surface area contributed by atoms with Crippen molar-refractivity contribution < 1.29 is 9.13 Å². The highest BCUT2D eigenvalue weighted by Crippen LogP contribution is 2.36. The van der Waals surface area contributed by atoms with Gasteiger partial charge in [0, 0.05) is 31.4 Å². The molecule has 0 saturated heterocycles. The fraction of sp³-hybridized carbons (Fsp3) is 0.500. The van der Waals surface area contributed by atoms with Crippen LogP contribution in [0.15, 0.2) is 30.3 Å². The third kappa shape index (κ3) is 4.98. The number of aryl methyl sites for hydroxylation is 1. The van der Waals surface area contributed by atoms with Gasteiger partial charge in [-0.2, -0.15) is 0 Å². The van der Waals surface area contributed by atoms with Gasteiger partial charge in [0.2, 0.25) is 0 Å². The van der Waals surface area contributed by atoms with Crippen LogP contribution >= 0.6 is 0 Å². The molecule has 3 rings (SSSR count). The number of nitrogens with one attached hydrogen (secondary N) is 1. The molecule has 0 radical (unpaired) electrons. The normalized spacial score (nSPS) is 14.0. The highest BCUT2D eigenvalue weighted by atomic mass is 19.1. The number of halogens is 1. The molecule has 0 bridgehead atoms. The van der Waals surface area contributed by atoms with Crippen LogP contribution in [0, 0.1) is 18.2 Å². The third-order valence-corrected chi connectivity index (χ3v) is 5.31. The summed E-state index contributed by atoms with van der Waals surface area (Å²) >= 11 is 0. The van der Waals surface area contributed by atoms with E-state index < -0.39 is 0 Å². The van der Waals surface area contributed by atoms with Gasteiger partial charge in [0.05, 0.1) is 12.3 Å². The molecule has 0 atom stereocenters. The highest BCUT2D eigenvalue weighted by Gasteiger charge is 2.20. The highest BCUT2D eigenvalue weighted by molar-refractivity contribution is 5.69. The monoisotopic (exact) mass is 384 g/mol. The van der Waals surface area contributed by atoms with Gasteiger partial charge in [-0.25, -0.2) is 4.39 Å². The van der Waals surface area contributed by atoms with Gasteiger partial charge in [-0.15, -0.1) is 0 Å². The first-order chi connectivity index (χ1) is 13.3. The number of anilines is 2. The molecule has 0 aromatic heterocycles. The molecular formula is C24H33FN2O. The van der Waals surface area contributed by atoms with Crippen LogP contribution < -0.4 is 15.0 Å². The topological polar surface area (TPSA) is 24.5 Å². The van der Waals surface area contributed by atoms with Crippen LogP contribution in [0.25, 0.3) is 0 Å². The van der Waals surface area contributed by atoms with E-state index in [4.69, 9.17) is 4.74 Å². The zero-order valence-corrected chi connectivity index (χ0v) is 17.9. The van der Waals surface area contributed by atoms with E-state index in [1.165, 1.54) is 11.1 Å². The van der Waals surface area contributed by atoms with Crippen LogP contribution in [0.4, 0.5) is 15.8 Å². The molecule has 1 aliphatic heterocycles. The lowest BCUT2D eigenvalue weighted by molar-refractivity contribution is 0.341. The maximum Gasteiger partial charge on any atom is 0.144 e. The minimum absolute atomic E-state index is 0.146. The second-order valence-electron chi connectivity index (χ2n) is 8.89. The predicted molar refractivity (Wildman–Crippen MR) is 116 cm³/mol. The van der Waals surface area contributed by atoms with Gasteiger partial charge in [0.1, 0.15) is 11.6 Å². The van der Waals surface area contributed by atoms with Crippen molar-refractivity contribution in [1.29, 1.82) is 0 Å². The maximum atomic E-state index is 13.5. The fourth-order valence-corrected chi connectivity index (χ4v) is 3.72. The van der Waals surface area contributed by atoms with Gasteiger partial charge in [-0.05, 0) is 67.0 Å². The molecule has 0 unspecified atom stereocenters. The minimum atomic E-state index is -0.146. The summed E-state index contributed by atoms with van der Waals surface area (Å²) in [4.78, 5) is 2.36. The summed E-state index contributed by atoms with van der Waals surface area (Å²) in [5.41, 5.74) is 6.08. The Labute approximate surface area is 168 Å². The molecule has 0 spiro atoms. The van der Waals surface area contributed by atoms with E-state index in [0.29, 0.717) is 12.0 Å². The standard InChI is InChI=1S/C24H33FN2O/c1-6-28-22-15-21(13-17(2)23(22)26-11-10-24(3,4)5)27-12-9-18-14-20(25)8-7-19(18)16-27/h7-8,13-15,26H,6,9-12,16H2,1-5H3. The minimum Gasteiger partial charge on any atom is -0.492 e. The molecule has 1 N–H and O–H groups in total. The number of nitrogens with zero attached hydrogens (tertiary/aromatic N) is 1. The number of rotatable bonds is 6. The van der Waals surface area contributed by atoms with Gasteiger partial charge in [0.25, 0.3) is 0 Å². The second kappa shape index (κ2) is 8.42. The molecule has 0 aliphatic carbocycles. The van der Waals surface area contributed by atoms with Crippen molar-refractivity contribution in [3.8, 4) is 5.75 Å². The van der Waals surface area contributed by atoms with Gasteiger partial charge < -0.3 is 15.0 Å². The number of fused-ring (bicyclic) bond motifs is 1. The van der Waals surface area contributed by atoms with Gasteiger partial charge >= 0.3 is 0 Å². The number of ether oxygens (including phenoxy) is 1. The molecule has 0 amide bonds. The first kappa shape index (κ1) is 20.5. The van der Waals surface area contributed by atoms with Crippen LogP contribution in [0.2, 0.25) is 0 Å². The van der Waals surface area contributed by atoms with E-state index >= 15 is 0 Å². The van der Waals surface area contributed by atoms with E-state index in [2.05, 4.69) is 50.0 Å². The fourth-order valence-electron chi connectivity index (χ4n) is 3.72. The Kier molecular flexibility index (Phi) is 6.17. The molecule has 1 heterocycles. The number of hydrogen-bond acceptors (Lipinski definition) is 3. The summed E-state index contributed by atoms with van der Waals surface area (Å²) in [7, 11) is 0. The third-order valence-electron chi connectivity index (χ3n) is 5.31. The summed E-state index contributed by atoms with van der Waals surface area (Å²) in [5, 5.41) is 3.59. The molecule has 28 heavy (non-hydrogen) atoms. The van der Waals surface area contributed by atoms with Crippen LogP contribution in [0.5, 0.6) is 5.75 Å². The Morgan fingerprint density at radius 2 is 1.93 bits per heavy atom. The Hall–Kier alpha value is -2.23. The molecule has 4 heteroatoms. The molecule has 2 aromatic rings. The Morgan fingerprint density at radius 1 is 1.14 bits per heavy atom. The number of benzene rings is 2. The van der Waals surface area contributed by atoms with Gasteiger partial charge in [-0.1, -0.05) is 26.8 Å². The zero-order chi connectivity index (χ0) is 20.3. The smallest absolute Gasteiger partial charge is 0.144 e. The van der Waals surface area contributed by atoms with Crippen molar-refractivity contribution in [1.82, 2.24) is 0 Å².